The van der Waals surface area contributed by atoms with Crippen LogP contribution in [0.1, 0.15) is 25.3 Å². The summed E-state index contributed by atoms with van der Waals surface area (Å²) in [6.07, 6.45) is 1.61. The molecule has 0 radical (unpaired) electrons. The molecule has 1 atom stereocenters. The van der Waals surface area contributed by atoms with Crippen LogP contribution in [-0.2, 0) is 16.1 Å². The fourth-order valence-electron chi connectivity index (χ4n) is 3.44. The Morgan fingerprint density at radius 2 is 1.89 bits per heavy atom. The molecule has 2 aliphatic rings. The zero-order chi connectivity index (χ0) is 19.1. The van der Waals surface area contributed by atoms with Crippen molar-refractivity contribution in [3.05, 3.63) is 29.8 Å². The van der Waals surface area contributed by atoms with Crippen molar-refractivity contribution in [2.75, 3.05) is 46.4 Å². The van der Waals surface area contributed by atoms with E-state index in [0.717, 1.165) is 49.7 Å². The van der Waals surface area contributed by atoms with Gasteiger partial charge in [0, 0.05) is 39.3 Å². The molecule has 0 aliphatic carbocycles. The molecule has 2 heterocycles. The van der Waals surface area contributed by atoms with Crippen molar-refractivity contribution in [3.63, 3.8) is 0 Å². The average Bonchev–Trinajstić information content (AvgIpc) is 3.26. The smallest absolute Gasteiger partial charge is 0.251 e. The minimum Gasteiger partial charge on any atom is -0.497 e. The van der Waals surface area contributed by atoms with Crippen LogP contribution < -0.4 is 10.1 Å². The third-order valence-electron chi connectivity index (χ3n) is 5.00. The van der Waals surface area contributed by atoms with Crippen molar-refractivity contribution in [3.8, 4) is 5.75 Å². The second kappa shape index (κ2) is 11.5. The predicted molar refractivity (Wildman–Crippen MR) is 120 cm³/mol. The van der Waals surface area contributed by atoms with E-state index >= 15 is 0 Å². The first-order chi connectivity index (χ1) is 13.2. The standard InChI is InChI=1S/C20H30N4O3.HI/c1-3-21-20(22-15-16-6-8-17(26-2)9-7-16)24-12-10-23(11-13-24)19(25)18-5-4-14-27-18;/h6-9,18H,3-5,10-15H2,1-2H3,(H,21,22);1H. The van der Waals surface area contributed by atoms with Crippen LogP contribution in [-0.4, -0.2) is 74.2 Å². The molecule has 7 nitrogen and oxygen atoms in total. The number of methoxy groups -OCH3 is 1. The largest absolute Gasteiger partial charge is 0.497 e. The first-order valence-corrected chi connectivity index (χ1v) is 9.78. The highest BCUT2D eigenvalue weighted by molar-refractivity contribution is 14.0. The summed E-state index contributed by atoms with van der Waals surface area (Å²) in [5.41, 5.74) is 1.14. The summed E-state index contributed by atoms with van der Waals surface area (Å²) < 4.78 is 10.7. The Morgan fingerprint density at radius 1 is 1.21 bits per heavy atom. The average molecular weight is 502 g/mol. The van der Waals surface area contributed by atoms with E-state index in [1.54, 1.807) is 7.11 Å². The maximum atomic E-state index is 12.5. The summed E-state index contributed by atoms with van der Waals surface area (Å²) in [6.45, 7) is 7.20. The van der Waals surface area contributed by atoms with Crippen molar-refractivity contribution in [1.29, 1.82) is 0 Å². The normalized spacial score (nSPS) is 19.9. The number of amides is 1. The maximum absolute atomic E-state index is 12.5. The number of halogens is 1. The maximum Gasteiger partial charge on any atom is 0.251 e. The number of nitrogens with one attached hydrogen (secondary N) is 1. The minimum absolute atomic E-state index is 0. The van der Waals surface area contributed by atoms with Gasteiger partial charge >= 0.3 is 0 Å². The van der Waals surface area contributed by atoms with Gasteiger partial charge in [-0.25, -0.2) is 4.99 Å². The fourth-order valence-corrected chi connectivity index (χ4v) is 3.44. The molecule has 1 aromatic rings. The molecule has 1 amide bonds. The zero-order valence-electron chi connectivity index (χ0n) is 16.7. The van der Waals surface area contributed by atoms with Gasteiger partial charge < -0.3 is 24.6 Å². The van der Waals surface area contributed by atoms with Gasteiger partial charge in [-0.1, -0.05) is 12.1 Å². The van der Waals surface area contributed by atoms with Crippen LogP contribution >= 0.6 is 24.0 Å². The number of ether oxygens (including phenoxy) is 2. The summed E-state index contributed by atoms with van der Waals surface area (Å²) in [7, 11) is 1.67. The molecule has 8 heteroatoms. The molecular weight excluding hydrogens is 471 g/mol. The van der Waals surface area contributed by atoms with Gasteiger partial charge in [0.15, 0.2) is 5.96 Å². The highest BCUT2D eigenvalue weighted by Gasteiger charge is 2.30. The number of nitrogens with zero attached hydrogens (tertiary/aromatic N) is 3. The third kappa shape index (κ3) is 5.97. The second-order valence-electron chi connectivity index (χ2n) is 6.83. The summed E-state index contributed by atoms with van der Waals surface area (Å²) in [5.74, 6) is 1.89. The molecule has 0 spiro atoms. The molecule has 3 rings (SSSR count). The lowest BCUT2D eigenvalue weighted by Gasteiger charge is -2.37. The molecule has 2 fully saturated rings. The lowest BCUT2D eigenvalue weighted by molar-refractivity contribution is -0.142. The Hall–Kier alpha value is -1.55. The van der Waals surface area contributed by atoms with Crippen LogP contribution in [0, 0.1) is 0 Å². The van der Waals surface area contributed by atoms with E-state index in [2.05, 4.69) is 17.1 Å². The van der Waals surface area contributed by atoms with E-state index < -0.39 is 0 Å². The topological polar surface area (TPSA) is 66.4 Å². The summed E-state index contributed by atoms with van der Waals surface area (Å²) >= 11 is 0. The number of carbonyl (C=O) groups excluding carboxylic acids is 1. The highest BCUT2D eigenvalue weighted by Crippen LogP contribution is 2.16. The molecule has 2 aliphatic heterocycles. The molecular formula is C20H31IN4O3. The number of aliphatic imine (C=N–C) groups is 1. The number of piperazine rings is 1. The fraction of sp³-hybridized carbons (Fsp3) is 0.600. The molecule has 1 aromatic carbocycles. The van der Waals surface area contributed by atoms with E-state index in [4.69, 9.17) is 14.5 Å². The summed E-state index contributed by atoms with van der Waals surface area (Å²) in [4.78, 5) is 21.4. The SMILES string of the molecule is CCNC(=NCc1ccc(OC)cc1)N1CCN(C(=O)C2CCCO2)CC1.I. The number of rotatable bonds is 5. The van der Waals surface area contributed by atoms with Crippen molar-refractivity contribution < 1.29 is 14.3 Å². The van der Waals surface area contributed by atoms with Gasteiger partial charge in [-0.3, -0.25) is 4.79 Å². The Bertz CT molecular complexity index is 639. The van der Waals surface area contributed by atoms with Gasteiger partial charge in [-0.05, 0) is 37.5 Å². The number of hydrogen-bond donors (Lipinski definition) is 1. The lowest BCUT2D eigenvalue weighted by Crippen LogP contribution is -2.55. The molecule has 28 heavy (non-hydrogen) atoms. The van der Waals surface area contributed by atoms with Crippen molar-refractivity contribution in [1.82, 2.24) is 15.1 Å². The highest BCUT2D eigenvalue weighted by atomic mass is 127. The molecule has 0 saturated carbocycles. The van der Waals surface area contributed by atoms with Crippen LogP contribution in [0.15, 0.2) is 29.3 Å². The van der Waals surface area contributed by atoms with Crippen LogP contribution in [0.2, 0.25) is 0 Å². The van der Waals surface area contributed by atoms with Crippen LogP contribution in [0.3, 0.4) is 0 Å². The molecule has 156 valence electrons. The zero-order valence-corrected chi connectivity index (χ0v) is 19.1. The van der Waals surface area contributed by atoms with E-state index in [1.807, 2.05) is 29.2 Å². The van der Waals surface area contributed by atoms with E-state index in [0.29, 0.717) is 26.2 Å². The molecule has 0 aromatic heterocycles. The van der Waals surface area contributed by atoms with E-state index in [-0.39, 0.29) is 36.0 Å². The molecule has 2 saturated heterocycles. The van der Waals surface area contributed by atoms with Crippen LogP contribution in [0.4, 0.5) is 0 Å². The van der Waals surface area contributed by atoms with Gasteiger partial charge in [-0.15, -0.1) is 24.0 Å². The molecule has 1 N–H and O–H groups in total. The molecule has 0 bridgehead atoms. The van der Waals surface area contributed by atoms with E-state index in [9.17, 15) is 4.79 Å². The quantitative estimate of drug-likeness (QED) is 0.380. The minimum atomic E-state index is -0.228. The Kier molecular flexibility index (Phi) is 9.30. The lowest BCUT2D eigenvalue weighted by atomic mass is 10.2. The van der Waals surface area contributed by atoms with E-state index in [1.165, 1.54) is 0 Å². The van der Waals surface area contributed by atoms with Crippen molar-refractivity contribution >= 4 is 35.8 Å². The summed E-state index contributed by atoms with van der Waals surface area (Å²) in [6, 6.07) is 7.97. The number of guanidine groups is 1. The van der Waals surface area contributed by atoms with Gasteiger partial charge in [0.2, 0.25) is 0 Å². The second-order valence-corrected chi connectivity index (χ2v) is 6.83. The van der Waals surface area contributed by atoms with Gasteiger partial charge in [0.1, 0.15) is 11.9 Å². The third-order valence-corrected chi connectivity index (χ3v) is 5.00. The van der Waals surface area contributed by atoms with Crippen LogP contribution in [0.25, 0.3) is 0 Å². The summed E-state index contributed by atoms with van der Waals surface area (Å²) in [5, 5.41) is 3.37. The van der Waals surface area contributed by atoms with Gasteiger partial charge in [0.25, 0.3) is 5.91 Å². The van der Waals surface area contributed by atoms with Crippen molar-refractivity contribution in [2.45, 2.75) is 32.4 Å². The molecule has 1 unspecified atom stereocenters. The van der Waals surface area contributed by atoms with Gasteiger partial charge in [-0.2, -0.15) is 0 Å². The Morgan fingerprint density at radius 3 is 2.46 bits per heavy atom. The van der Waals surface area contributed by atoms with Gasteiger partial charge in [0.05, 0.1) is 13.7 Å². The Balaban J connectivity index is 0.00000280. The number of hydrogen-bond acceptors (Lipinski definition) is 4. The first kappa shape index (κ1) is 22.7. The number of benzene rings is 1. The number of carbonyl (C=O) groups is 1. The first-order valence-electron chi connectivity index (χ1n) is 9.78. The predicted octanol–water partition coefficient (Wildman–Crippen LogP) is 2.10. The van der Waals surface area contributed by atoms with Crippen LogP contribution in [0.5, 0.6) is 5.75 Å². The monoisotopic (exact) mass is 502 g/mol. The van der Waals surface area contributed by atoms with Crippen molar-refractivity contribution in [2.24, 2.45) is 4.99 Å². The Labute approximate surface area is 184 Å².